The molecule has 1 N–H and O–H groups in total. The first kappa shape index (κ1) is 15.0. The number of hydrogen-bond donors (Lipinski definition) is 1. The number of piperazine rings is 1. The van der Waals surface area contributed by atoms with E-state index in [1.165, 1.54) is 5.56 Å². The monoisotopic (exact) mass is 277 g/mol. The molecule has 5 nitrogen and oxygen atoms in total. The van der Waals surface area contributed by atoms with Crippen molar-refractivity contribution in [3.8, 4) is 0 Å². The predicted octanol–water partition coefficient (Wildman–Crippen LogP) is 2.06. The minimum atomic E-state index is 0.487. The molecule has 1 saturated heterocycles. The second kappa shape index (κ2) is 6.39. The van der Waals surface area contributed by atoms with Crippen molar-refractivity contribution in [3.05, 3.63) is 11.4 Å². The molecule has 0 amide bonds. The van der Waals surface area contributed by atoms with Crippen LogP contribution in [-0.2, 0) is 0 Å². The molecule has 5 heteroatoms. The van der Waals surface area contributed by atoms with Crippen LogP contribution in [0, 0.1) is 13.8 Å². The summed E-state index contributed by atoms with van der Waals surface area (Å²) >= 11 is 0. The topological polar surface area (TPSA) is 44.3 Å². The average Bonchev–Trinajstić information content (AvgIpc) is 2.40. The van der Waals surface area contributed by atoms with Gasteiger partial charge in [-0.25, -0.2) is 9.97 Å². The van der Waals surface area contributed by atoms with Gasteiger partial charge in [-0.3, -0.25) is 0 Å². The number of aromatic nitrogens is 2. The molecule has 1 aliphatic rings. The normalized spacial score (nSPS) is 20.2. The summed E-state index contributed by atoms with van der Waals surface area (Å²) in [5.74, 6) is 2.92. The van der Waals surface area contributed by atoms with E-state index in [1.807, 2.05) is 6.92 Å². The van der Waals surface area contributed by atoms with Gasteiger partial charge in [0.1, 0.15) is 17.5 Å². The number of likely N-dealkylation sites (N-methyl/N-ethyl adjacent to an activating group) is 1. The molecule has 0 spiro atoms. The van der Waals surface area contributed by atoms with Gasteiger partial charge in [0.05, 0.1) is 0 Å². The molecular weight excluding hydrogens is 250 g/mol. The standard InChI is InChI=1S/C15H27N5/c1-6-7-16-14-12(3)15(18-13(4)17-14)20-9-8-19(5)10-11(20)2/h11H,6-10H2,1-5H3,(H,16,17,18). The van der Waals surface area contributed by atoms with Gasteiger partial charge in [-0.05, 0) is 34.2 Å². The zero-order valence-corrected chi connectivity index (χ0v) is 13.4. The lowest BCUT2D eigenvalue weighted by molar-refractivity contribution is 0.274. The van der Waals surface area contributed by atoms with Gasteiger partial charge in [0.15, 0.2) is 0 Å². The molecule has 0 saturated carbocycles. The van der Waals surface area contributed by atoms with E-state index in [0.29, 0.717) is 6.04 Å². The molecule has 2 heterocycles. The minimum Gasteiger partial charge on any atom is -0.370 e. The molecule has 1 aromatic rings. The highest BCUT2D eigenvalue weighted by Gasteiger charge is 2.25. The van der Waals surface area contributed by atoms with Crippen molar-refractivity contribution in [2.75, 3.05) is 43.4 Å². The third-order valence-corrected chi connectivity index (χ3v) is 3.88. The Morgan fingerprint density at radius 2 is 2.00 bits per heavy atom. The molecule has 20 heavy (non-hydrogen) atoms. The van der Waals surface area contributed by atoms with Gasteiger partial charge in [-0.2, -0.15) is 0 Å². The fourth-order valence-electron chi connectivity index (χ4n) is 2.76. The maximum atomic E-state index is 4.70. The second-order valence-electron chi connectivity index (χ2n) is 5.80. The Morgan fingerprint density at radius 3 is 2.65 bits per heavy atom. The van der Waals surface area contributed by atoms with E-state index in [9.17, 15) is 0 Å². The molecule has 1 atom stereocenters. The quantitative estimate of drug-likeness (QED) is 0.912. The van der Waals surface area contributed by atoms with Crippen molar-refractivity contribution >= 4 is 11.6 Å². The summed E-state index contributed by atoms with van der Waals surface area (Å²) in [6, 6.07) is 0.487. The average molecular weight is 277 g/mol. The number of rotatable bonds is 4. The molecule has 2 rings (SSSR count). The molecule has 1 fully saturated rings. The summed E-state index contributed by atoms with van der Waals surface area (Å²) in [5, 5.41) is 3.42. The lowest BCUT2D eigenvalue weighted by Crippen LogP contribution is -2.51. The van der Waals surface area contributed by atoms with Crippen molar-refractivity contribution < 1.29 is 0 Å². The molecule has 0 aromatic carbocycles. The van der Waals surface area contributed by atoms with Crippen molar-refractivity contribution in [1.82, 2.24) is 14.9 Å². The molecule has 0 radical (unpaired) electrons. The summed E-state index contributed by atoms with van der Waals surface area (Å²) in [6.45, 7) is 12.7. The van der Waals surface area contributed by atoms with Crippen LogP contribution in [-0.4, -0.2) is 54.1 Å². The van der Waals surface area contributed by atoms with Crippen LogP contribution >= 0.6 is 0 Å². The number of nitrogens with one attached hydrogen (secondary N) is 1. The third-order valence-electron chi connectivity index (χ3n) is 3.88. The summed E-state index contributed by atoms with van der Waals surface area (Å²) in [7, 11) is 2.18. The molecule has 1 aliphatic heterocycles. The zero-order chi connectivity index (χ0) is 14.7. The Kier molecular flexibility index (Phi) is 4.81. The molecule has 1 unspecified atom stereocenters. The van der Waals surface area contributed by atoms with Crippen LogP contribution in [0.1, 0.15) is 31.7 Å². The summed E-state index contributed by atoms with van der Waals surface area (Å²) < 4.78 is 0. The van der Waals surface area contributed by atoms with Gasteiger partial charge in [0.2, 0.25) is 0 Å². The molecule has 1 aromatic heterocycles. The second-order valence-corrected chi connectivity index (χ2v) is 5.80. The third kappa shape index (κ3) is 3.20. The van der Waals surface area contributed by atoms with E-state index in [-0.39, 0.29) is 0 Å². The first-order valence-corrected chi connectivity index (χ1v) is 7.57. The van der Waals surface area contributed by atoms with E-state index in [4.69, 9.17) is 4.98 Å². The lowest BCUT2D eigenvalue weighted by Gasteiger charge is -2.39. The lowest BCUT2D eigenvalue weighted by atomic mass is 10.1. The molecule has 112 valence electrons. The largest absolute Gasteiger partial charge is 0.370 e. The van der Waals surface area contributed by atoms with E-state index >= 15 is 0 Å². The van der Waals surface area contributed by atoms with Crippen molar-refractivity contribution in [2.24, 2.45) is 0 Å². The Morgan fingerprint density at radius 1 is 1.25 bits per heavy atom. The Bertz CT molecular complexity index is 460. The maximum Gasteiger partial charge on any atom is 0.137 e. The van der Waals surface area contributed by atoms with Gasteiger partial charge >= 0.3 is 0 Å². The Labute approximate surface area is 122 Å². The molecule has 0 aliphatic carbocycles. The van der Waals surface area contributed by atoms with Crippen molar-refractivity contribution in [2.45, 2.75) is 40.2 Å². The minimum absolute atomic E-state index is 0.487. The van der Waals surface area contributed by atoms with Crippen LogP contribution in [0.25, 0.3) is 0 Å². The van der Waals surface area contributed by atoms with Gasteiger partial charge < -0.3 is 15.1 Å². The zero-order valence-electron chi connectivity index (χ0n) is 13.4. The number of nitrogens with zero attached hydrogens (tertiary/aromatic N) is 4. The number of aryl methyl sites for hydroxylation is 1. The highest BCUT2D eigenvalue weighted by Crippen LogP contribution is 2.26. The van der Waals surface area contributed by atoms with Gasteiger partial charge in [-0.15, -0.1) is 0 Å². The Balaban J connectivity index is 2.28. The summed E-state index contributed by atoms with van der Waals surface area (Å²) in [5.41, 5.74) is 1.17. The van der Waals surface area contributed by atoms with Gasteiger partial charge in [0, 0.05) is 37.8 Å². The predicted molar refractivity (Wildman–Crippen MR) is 84.6 cm³/mol. The number of hydrogen-bond acceptors (Lipinski definition) is 5. The first-order chi connectivity index (χ1) is 9.52. The van der Waals surface area contributed by atoms with Crippen molar-refractivity contribution in [3.63, 3.8) is 0 Å². The summed E-state index contributed by atoms with van der Waals surface area (Å²) in [4.78, 5) is 14.0. The van der Waals surface area contributed by atoms with Crippen LogP contribution in [0.15, 0.2) is 0 Å². The summed E-state index contributed by atoms with van der Waals surface area (Å²) in [6.07, 6.45) is 1.10. The highest BCUT2D eigenvalue weighted by atomic mass is 15.3. The van der Waals surface area contributed by atoms with Crippen LogP contribution in [0.5, 0.6) is 0 Å². The first-order valence-electron chi connectivity index (χ1n) is 7.57. The van der Waals surface area contributed by atoms with Crippen LogP contribution < -0.4 is 10.2 Å². The molecular formula is C15H27N5. The fraction of sp³-hybridized carbons (Fsp3) is 0.733. The van der Waals surface area contributed by atoms with Gasteiger partial charge in [0.25, 0.3) is 0 Å². The Hall–Kier alpha value is -1.36. The molecule has 0 bridgehead atoms. The van der Waals surface area contributed by atoms with E-state index in [2.05, 4.69) is 47.9 Å². The maximum absolute atomic E-state index is 4.70. The van der Waals surface area contributed by atoms with E-state index < -0.39 is 0 Å². The van der Waals surface area contributed by atoms with Crippen LogP contribution in [0.4, 0.5) is 11.6 Å². The highest BCUT2D eigenvalue weighted by molar-refractivity contribution is 5.59. The number of anilines is 2. The SMILES string of the molecule is CCCNc1nc(C)nc(N2CCN(C)CC2C)c1C. The van der Waals surface area contributed by atoms with Crippen LogP contribution in [0.3, 0.4) is 0 Å². The van der Waals surface area contributed by atoms with Crippen molar-refractivity contribution in [1.29, 1.82) is 0 Å². The van der Waals surface area contributed by atoms with Crippen LogP contribution in [0.2, 0.25) is 0 Å². The smallest absolute Gasteiger partial charge is 0.137 e. The fourth-order valence-corrected chi connectivity index (χ4v) is 2.76. The van der Waals surface area contributed by atoms with E-state index in [0.717, 1.165) is 50.1 Å². The van der Waals surface area contributed by atoms with Gasteiger partial charge in [-0.1, -0.05) is 6.92 Å². The van der Waals surface area contributed by atoms with E-state index in [1.54, 1.807) is 0 Å².